The summed E-state index contributed by atoms with van der Waals surface area (Å²) >= 11 is 0. The Bertz CT molecular complexity index is 462. The van der Waals surface area contributed by atoms with Gasteiger partial charge in [-0.1, -0.05) is 0 Å². The number of esters is 2. The van der Waals surface area contributed by atoms with Crippen LogP contribution in [0.15, 0.2) is 12.3 Å². The normalized spacial score (nSPS) is 10.3. The summed E-state index contributed by atoms with van der Waals surface area (Å²) in [6.45, 7) is 3.32. The van der Waals surface area contributed by atoms with E-state index in [0.717, 1.165) is 0 Å². The number of hydrogen-bond donors (Lipinski definition) is 0. The van der Waals surface area contributed by atoms with Crippen molar-refractivity contribution < 1.29 is 23.9 Å². The first-order chi connectivity index (χ1) is 9.01. The number of rotatable bonds is 6. The van der Waals surface area contributed by atoms with Gasteiger partial charge in [0, 0.05) is 13.2 Å². The van der Waals surface area contributed by atoms with Crippen molar-refractivity contribution in [3.05, 3.63) is 18.0 Å². The molecule has 1 aromatic rings. The number of ketones is 1. The molecule has 19 heavy (non-hydrogen) atoms. The molecule has 0 N–H and O–H groups in total. The van der Waals surface area contributed by atoms with Gasteiger partial charge in [-0.3, -0.25) is 19.1 Å². The van der Waals surface area contributed by atoms with Crippen LogP contribution in [0.25, 0.3) is 0 Å². The lowest BCUT2D eigenvalue weighted by Crippen LogP contribution is -2.35. The van der Waals surface area contributed by atoms with Crippen LogP contribution in [0.3, 0.4) is 0 Å². The van der Waals surface area contributed by atoms with Crippen molar-refractivity contribution in [1.29, 1.82) is 0 Å². The first kappa shape index (κ1) is 14.9. The lowest BCUT2D eigenvalue weighted by Gasteiger charge is -2.12. The molecule has 0 aliphatic rings. The molecule has 0 atom stereocenters. The number of hydrogen-bond acceptors (Lipinski definition) is 6. The highest BCUT2D eigenvalue weighted by Crippen LogP contribution is 2.11. The average molecular weight is 268 g/mol. The minimum Gasteiger partial charge on any atom is -0.465 e. The largest absolute Gasteiger partial charge is 0.465 e. The first-order valence-electron chi connectivity index (χ1n) is 5.88. The molecular weight excluding hydrogens is 252 g/mol. The summed E-state index contributed by atoms with van der Waals surface area (Å²) in [5.41, 5.74) is 0.0219. The molecule has 7 heteroatoms. The molecule has 0 fully saturated rings. The van der Waals surface area contributed by atoms with Crippen LogP contribution < -0.4 is 0 Å². The van der Waals surface area contributed by atoms with Gasteiger partial charge in [0.15, 0.2) is 0 Å². The molecule has 0 saturated carbocycles. The molecule has 0 saturated heterocycles. The van der Waals surface area contributed by atoms with Crippen molar-refractivity contribution in [2.45, 2.75) is 13.8 Å². The van der Waals surface area contributed by atoms with Crippen molar-refractivity contribution in [1.82, 2.24) is 9.78 Å². The van der Waals surface area contributed by atoms with Gasteiger partial charge >= 0.3 is 11.9 Å². The maximum atomic E-state index is 12.1. The highest BCUT2D eigenvalue weighted by Gasteiger charge is 2.38. The van der Waals surface area contributed by atoms with E-state index in [2.05, 4.69) is 5.10 Å². The molecule has 0 aliphatic carbocycles. The molecule has 7 nitrogen and oxygen atoms in total. The van der Waals surface area contributed by atoms with Crippen LogP contribution in [0.4, 0.5) is 0 Å². The zero-order chi connectivity index (χ0) is 14.4. The summed E-state index contributed by atoms with van der Waals surface area (Å²) in [4.78, 5) is 35.5. The Hall–Kier alpha value is -2.18. The van der Waals surface area contributed by atoms with Crippen LogP contribution in [0, 0.1) is 5.92 Å². The number of aromatic nitrogens is 2. The van der Waals surface area contributed by atoms with Gasteiger partial charge in [-0.15, -0.1) is 0 Å². The van der Waals surface area contributed by atoms with E-state index in [9.17, 15) is 14.4 Å². The van der Waals surface area contributed by atoms with Gasteiger partial charge in [-0.2, -0.15) is 5.10 Å². The third-order valence-corrected chi connectivity index (χ3v) is 2.27. The van der Waals surface area contributed by atoms with E-state index in [1.165, 1.54) is 10.7 Å². The lowest BCUT2D eigenvalue weighted by molar-refractivity contribution is -0.158. The molecular formula is C12H16N2O5. The van der Waals surface area contributed by atoms with Gasteiger partial charge in [0.05, 0.1) is 13.2 Å². The maximum Gasteiger partial charge on any atom is 0.328 e. The molecule has 0 aromatic carbocycles. The molecule has 0 unspecified atom stereocenters. The number of Topliss-reactive ketones (excluding diaryl/α,β-unsaturated/α-hetero) is 1. The van der Waals surface area contributed by atoms with Crippen molar-refractivity contribution in [2.24, 2.45) is 13.0 Å². The highest BCUT2D eigenvalue weighted by molar-refractivity contribution is 6.20. The number of carbonyl (C=O) groups is 3. The number of aryl methyl sites for hydroxylation is 1. The Morgan fingerprint density at radius 2 is 1.74 bits per heavy atom. The van der Waals surface area contributed by atoms with Crippen molar-refractivity contribution >= 4 is 17.7 Å². The van der Waals surface area contributed by atoms with E-state index in [0.29, 0.717) is 0 Å². The van der Waals surface area contributed by atoms with Crippen LogP contribution in [-0.4, -0.2) is 40.7 Å². The van der Waals surface area contributed by atoms with E-state index in [1.807, 2.05) is 0 Å². The van der Waals surface area contributed by atoms with Gasteiger partial charge in [0.25, 0.3) is 0 Å². The summed E-state index contributed by atoms with van der Waals surface area (Å²) in [7, 11) is 1.63. The Balaban J connectivity index is 2.98. The minimum atomic E-state index is -1.62. The predicted octanol–water partition coefficient (Wildman–Crippen LogP) is 0.345. The molecule has 104 valence electrons. The third kappa shape index (κ3) is 3.64. The molecule has 1 aromatic heterocycles. The van der Waals surface area contributed by atoms with Crippen LogP contribution in [0.1, 0.15) is 24.3 Å². The highest BCUT2D eigenvalue weighted by atomic mass is 16.6. The van der Waals surface area contributed by atoms with Crippen molar-refractivity contribution in [2.75, 3.05) is 13.2 Å². The first-order valence-corrected chi connectivity index (χ1v) is 5.88. The molecule has 0 spiro atoms. The van der Waals surface area contributed by atoms with Gasteiger partial charge in [0.2, 0.25) is 11.7 Å². The van der Waals surface area contributed by atoms with E-state index in [-0.39, 0.29) is 18.9 Å². The van der Waals surface area contributed by atoms with Crippen LogP contribution in [-0.2, 0) is 26.1 Å². The number of nitrogens with zero attached hydrogens (tertiary/aromatic N) is 2. The van der Waals surface area contributed by atoms with Gasteiger partial charge in [0.1, 0.15) is 5.69 Å². The third-order valence-electron chi connectivity index (χ3n) is 2.27. The fraction of sp³-hybridized carbons (Fsp3) is 0.500. The van der Waals surface area contributed by atoms with Crippen LogP contribution in [0.2, 0.25) is 0 Å². The molecule has 0 radical (unpaired) electrons. The summed E-state index contributed by atoms with van der Waals surface area (Å²) in [6, 6.07) is 1.42. The summed E-state index contributed by atoms with van der Waals surface area (Å²) in [5, 5.41) is 3.87. The molecule has 1 heterocycles. The fourth-order valence-electron chi connectivity index (χ4n) is 1.46. The van der Waals surface area contributed by atoms with Gasteiger partial charge < -0.3 is 9.47 Å². The van der Waals surface area contributed by atoms with Gasteiger partial charge in [-0.25, -0.2) is 0 Å². The zero-order valence-electron chi connectivity index (χ0n) is 11.1. The monoisotopic (exact) mass is 268 g/mol. The van der Waals surface area contributed by atoms with Crippen LogP contribution in [0.5, 0.6) is 0 Å². The van der Waals surface area contributed by atoms with E-state index in [4.69, 9.17) is 9.47 Å². The second kappa shape index (κ2) is 6.67. The Morgan fingerprint density at radius 3 is 2.11 bits per heavy atom. The fourth-order valence-corrected chi connectivity index (χ4v) is 1.46. The average Bonchev–Trinajstić information content (AvgIpc) is 2.76. The molecule has 0 bridgehead atoms. The van der Waals surface area contributed by atoms with Crippen molar-refractivity contribution in [3.8, 4) is 0 Å². The van der Waals surface area contributed by atoms with E-state index >= 15 is 0 Å². The molecule has 1 rings (SSSR count). The van der Waals surface area contributed by atoms with E-state index < -0.39 is 23.6 Å². The Kier molecular flexibility index (Phi) is 5.23. The number of carbonyl (C=O) groups excluding carboxylic acids is 3. The zero-order valence-corrected chi connectivity index (χ0v) is 11.1. The summed E-state index contributed by atoms with van der Waals surface area (Å²) in [6.07, 6.45) is 1.54. The van der Waals surface area contributed by atoms with E-state index in [1.54, 1.807) is 27.1 Å². The van der Waals surface area contributed by atoms with Gasteiger partial charge in [-0.05, 0) is 19.9 Å². The topological polar surface area (TPSA) is 87.5 Å². The standard InChI is InChI=1S/C12H16N2O5/c1-4-18-11(16)9(12(17)19-5-2)10(15)8-6-7-14(3)13-8/h6-7,9H,4-5H2,1-3H3. The quantitative estimate of drug-likeness (QED) is 0.420. The van der Waals surface area contributed by atoms with Crippen molar-refractivity contribution in [3.63, 3.8) is 0 Å². The number of ether oxygens (including phenoxy) is 2. The lowest BCUT2D eigenvalue weighted by atomic mass is 10.0. The smallest absolute Gasteiger partial charge is 0.328 e. The molecule has 0 amide bonds. The summed E-state index contributed by atoms with van der Waals surface area (Å²) < 4.78 is 10.9. The Labute approximate surface area is 110 Å². The Morgan fingerprint density at radius 1 is 1.21 bits per heavy atom. The molecule has 0 aliphatic heterocycles. The van der Waals surface area contributed by atoms with Crippen LogP contribution >= 0.6 is 0 Å². The maximum absolute atomic E-state index is 12.1. The minimum absolute atomic E-state index is 0.0219. The predicted molar refractivity (Wildman–Crippen MR) is 64.3 cm³/mol. The second-order valence-electron chi connectivity index (χ2n) is 3.68. The summed E-state index contributed by atoms with van der Waals surface area (Å²) in [5.74, 6) is -4.18. The second-order valence-corrected chi connectivity index (χ2v) is 3.68. The SMILES string of the molecule is CCOC(=O)C(C(=O)OCC)C(=O)c1ccn(C)n1.